The summed E-state index contributed by atoms with van der Waals surface area (Å²) >= 11 is 5.71. The number of anilines is 1. The molecule has 0 bridgehead atoms. The molecule has 0 aromatic heterocycles. The first-order valence-corrected chi connectivity index (χ1v) is 7.84. The summed E-state index contributed by atoms with van der Waals surface area (Å²) in [6.07, 6.45) is 0.735. The lowest BCUT2D eigenvalue weighted by Gasteiger charge is -2.17. The summed E-state index contributed by atoms with van der Waals surface area (Å²) in [7, 11) is 0. The van der Waals surface area contributed by atoms with Crippen molar-refractivity contribution in [2.24, 2.45) is 0 Å². The number of esters is 1. The number of hydrogen-bond acceptors (Lipinski definition) is 5. The molecule has 25 heavy (non-hydrogen) atoms. The molecule has 7 nitrogen and oxygen atoms in total. The van der Waals surface area contributed by atoms with Gasteiger partial charge in [-0.3, -0.25) is 14.9 Å². The van der Waals surface area contributed by atoms with Crippen molar-refractivity contribution < 1.29 is 19.2 Å². The Balaban J connectivity index is 1.69. The maximum Gasteiger partial charge on any atom is 0.345 e. The molecule has 0 atom stereocenters. The van der Waals surface area contributed by atoms with E-state index in [4.69, 9.17) is 16.3 Å². The molecule has 0 N–H and O–H groups in total. The molecule has 3 rings (SSSR count). The van der Waals surface area contributed by atoms with Crippen molar-refractivity contribution in [1.82, 2.24) is 0 Å². The second kappa shape index (κ2) is 6.90. The number of nitro groups is 1. The minimum Gasteiger partial charge on any atom is -0.452 e. The molecule has 2 aromatic carbocycles. The molecule has 1 aliphatic heterocycles. The molecule has 128 valence electrons. The summed E-state index contributed by atoms with van der Waals surface area (Å²) in [5.41, 5.74) is 1.14. The molecule has 2 aromatic rings. The van der Waals surface area contributed by atoms with Crippen LogP contribution in [0.25, 0.3) is 0 Å². The Labute approximate surface area is 147 Å². The Bertz CT molecular complexity index is 868. The number of carbonyl (C=O) groups excluding carboxylic acids is 2. The number of hydrogen-bond donors (Lipinski definition) is 0. The third kappa shape index (κ3) is 3.46. The number of halogens is 1. The van der Waals surface area contributed by atoms with Crippen LogP contribution in [0.4, 0.5) is 11.4 Å². The minimum atomic E-state index is -0.941. The van der Waals surface area contributed by atoms with Gasteiger partial charge in [0.15, 0.2) is 6.61 Å². The zero-order valence-corrected chi connectivity index (χ0v) is 13.7. The molecular formula is C17H13ClN2O5. The Hall–Kier alpha value is -2.93. The van der Waals surface area contributed by atoms with Crippen molar-refractivity contribution in [2.45, 2.75) is 6.42 Å². The van der Waals surface area contributed by atoms with Gasteiger partial charge in [-0.25, -0.2) is 4.79 Å². The van der Waals surface area contributed by atoms with Crippen molar-refractivity contribution >= 4 is 34.9 Å². The minimum absolute atomic E-state index is 0.132. The number of para-hydroxylation sites is 1. The summed E-state index contributed by atoms with van der Waals surface area (Å²) < 4.78 is 4.97. The number of benzene rings is 2. The van der Waals surface area contributed by atoms with Gasteiger partial charge in [0, 0.05) is 23.3 Å². The lowest BCUT2D eigenvalue weighted by Crippen LogP contribution is -2.33. The zero-order valence-electron chi connectivity index (χ0n) is 13.0. The quantitative estimate of drug-likeness (QED) is 0.475. The smallest absolute Gasteiger partial charge is 0.345 e. The molecule has 0 radical (unpaired) electrons. The molecule has 0 aliphatic carbocycles. The van der Waals surface area contributed by atoms with Crippen molar-refractivity contribution in [3.05, 3.63) is 68.7 Å². The molecule has 1 aliphatic rings. The Morgan fingerprint density at radius 1 is 1.24 bits per heavy atom. The van der Waals surface area contributed by atoms with Crippen LogP contribution in [0.1, 0.15) is 15.9 Å². The second-order valence-electron chi connectivity index (χ2n) is 5.42. The molecule has 0 unspecified atom stereocenters. The lowest BCUT2D eigenvalue weighted by molar-refractivity contribution is -0.385. The first kappa shape index (κ1) is 16.9. The van der Waals surface area contributed by atoms with Gasteiger partial charge < -0.3 is 9.64 Å². The average molecular weight is 361 g/mol. The van der Waals surface area contributed by atoms with Crippen LogP contribution in [0, 0.1) is 10.1 Å². The van der Waals surface area contributed by atoms with E-state index in [0.29, 0.717) is 6.54 Å². The van der Waals surface area contributed by atoms with Gasteiger partial charge in [-0.15, -0.1) is 0 Å². The summed E-state index contributed by atoms with van der Waals surface area (Å²) in [5, 5.41) is 11.2. The van der Waals surface area contributed by atoms with E-state index in [1.54, 1.807) is 4.90 Å². The highest BCUT2D eigenvalue weighted by atomic mass is 35.5. The number of carbonyl (C=O) groups is 2. The Kier molecular flexibility index (Phi) is 4.67. The molecule has 1 heterocycles. The SMILES string of the molecule is O=C(OCC(=O)N1CCc2ccccc21)c1ccc(Cl)cc1[N+](=O)[O-]. The second-order valence-corrected chi connectivity index (χ2v) is 5.86. The number of fused-ring (bicyclic) bond motifs is 1. The van der Waals surface area contributed by atoms with Gasteiger partial charge in [0.1, 0.15) is 5.56 Å². The van der Waals surface area contributed by atoms with Crippen LogP contribution in [-0.4, -0.2) is 30.0 Å². The number of nitrogens with zero attached hydrogens (tertiary/aromatic N) is 2. The van der Waals surface area contributed by atoms with Gasteiger partial charge in [-0.1, -0.05) is 29.8 Å². The van der Waals surface area contributed by atoms with E-state index in [0.717, 1.165) is 23.7 Å². The highest BCUT2D eigenvalue weighted by molar-refractivity contribution is 6.31. The third-order valence-electron chi connectivity index (χ3n) is 3.89. The van der Waals surface area contributed by atoms with Crippen LogP contribution in [-0.2, 0) is 16.0 Å². The predicted molar refractivity (Wildman–Crippen MR) is 90.9 cm³/mol. The van der Waals surface area contributed by atoms with Crippen LogP contribution in [0.5, 0.6) is 0 Å². The first-order valence-electron chi connectivity index (χ1n) is 7.46. The van der Waals surface area contributed by atoms with Crippen molar-refractivity contribution in [3.63, 3.8) is 0 Å². The van der Waals surface area contributed by atoms with Crippen molar-refractivity contribution in [3.8, 4) is 0 Å². The molecule has 0 saturated carbocycles. The van der Waals surface area contributed by atoms with Gasteiger partial charge in [0.2, 0.25) is 0 Å². The van der Waals surface area contributed by atoms with E-state index in [1.807, 2.05) is 24.3 Å². The molecular weight excluding hydrogens is 348 g/mol. The fourth-order valence-electron chi connectivity index (χ4n) is 2.71. The van der Waals surface area contributed by atoms with E-state index >= 15 is 0 Å². The van der Waals surface area contributed by atoms with Crippen LogP contribution >= 0.6 is 11.6 Å². The predicted octanol–water partition coefficient (Wildman–Crippen LogP) is 2.99. The summed E-state index contributed by atoms with van der Waals surface area (Å²) in [6.45, 7) is 0.0176. The first-order chi connectivity index (χ1) is 12.0. The maximum atomic E-state index is 12.3. The standard InChI is InChI=1S/C17H13ClN2O5/c18-12-5-6-13(15(9-12)20(23)24)17(22)25-10-16(21)19-8-7-11-3-1-2-4-14(11)19/h1-6,9H,7-8,10H2. The van der Waals surface area contributed by atoms with Gasteiger partial charge in [0.05, 0.1) is 4.92 Å². The summed E-state index contributed by atoms with van der Waals surface area (Å²) in [4.78, 5) is 36.3. The van der Waals surface area contributed by atoms with E-state index in [1.165, 1.54) is 12.1 Å². The number of ether oxygens (including phenoxy) is 1. The fraction of sp³-hybridized carbons (Fsp3) is 0.176. The summed E-state index contributed by atoms with van der Waals surface area (Å²) in [6, 6.07) is 11.1. The Morgan fingerprint density at radius 2 is 2.00 bits per heavy atom. The summed E-state index contributed by atoms with van der Waals surface area (Å²) in [5.74, 6) is -1.32. The van der Waals surface area contributed by atoms with Crippen molar-refractivity contribution in [1.29, 1.82) is 0 Å². The van der Waals surface area contributed by atoms with Gasteiger partial charge in [0.25, 0.3) is 11.6 Å². The van der Waals surface area contributed by atoms with E-state index in [2.05, 4.69) is 0 Å². The molecule has 0 fully saturated rings. The van der Waals surface area contributed by atoms with Crippen LogP contribution in [0.2, 0.25) is 5.02 Å². The van der Waals surface area contributed by atoms with Gasteiger partial charge in [-0.05, 0) is 30.2 Å². The topological polar surface area (TPSA) is 89.8 Å². The normalized spacial score (nSPS) is 12.6. The van der Waals surface area contributed by atoms with E-state index in [9.17, 15) is 19.7 Å². The number of rotatable bonds is 4. The van der Waals surface area contributed by atoms with E-state index < -0.39 is 23.2 Å². The molecule has 1 amide bonds. The monoisotopic (exact) mass is 360 g/mol. The van der Waals surface area contributed by atoms with Crippen LogP contribution in [0.15, 0.2) is 42.5 Å². The Morgan fingerprint density at radius 3 is 2.76 bits per heavy atom. The maximum absolute atomic E-state index is 12.3. The molecule has 0 saturated heterocycles. The highest BCUT2D eigenvalue weighted by Gasteiger charge is 2.27. The fourth-order valence-corrected chi connectivity index (χ4v) is 2.88. The lowest BCUT2D eigenvalue weighted by atomic mass is 10.2. The van der Waals surface area contributed by atoms with Gasteiger partial charge >= 0.3 is 5.97 Å². The highest BCUT2D eigenvalue weighted by Crippen LogP contribution is 2.28. The number of nitro benzene ring substituents is 1. The third-order valence-corrected chi connectivity index (χ3v) is 4.13. The van der Waals surface area contributed by atoms with Crippen molar-refractivity contribution in [2.75, 3.05) is 18.1 Å². The van der Waals surface area contributed by atoms with Crippen LogP contribution in [0.3, 0.4) is 0 Å². The number of amides is 1. The van der Waals surface area contributed by atoms with Crippen LogP contribution < -0.4 is 4.90 Å². The molecule has 8 heteroatoms. The largest absolute Gasteiger partial charge is 0.452 e. The molecule has 0 spiro atoms. The zero-order chi connectivity index (χ0) is 18.0. The van der Waals surface area contributed by atoms with E-state index in [-0.39, 0.29) is 16.5 Å². The average Bonchev–Trinajstić information content (AvgIpc) is 3.03. The van der Waals surface area contributed by atoms with Gasteiger partial charge in [-0.2, -0.15) is 0 Å².